The van der Waals surface area contributed by atoms with Gasteiger partial charge in [-0.3, -0.25) is 14.5 Å². The Morgan fingerprint density at radius 3 is 2.60 bits per heavy atom. The molecule has 0 radical (unpaired) electrons. The summed E-state index contributed by atoms with van der Waals surface area (Å²) < 4.78 is 5.09. The predicted molar refractivity (Wildman–Crippen MR) is 81.1 cm³/mol. The monoisotopic (exact) mass is 315 g/mol. The number of hydrogen-bond donors (Lipinski definition) is 1. The number of methoxy groups -OCH3 is 1. The molecule has 1 fully saturated rings. The van der Waals surface area contributed by atoms with Gasteiger partial charge in [-0.15, -0.1) is 12.4 Å². The Bertz CT molecular complexity index is 553. The third-order valence-corrected chi connectivity index (χ3v) is 3.12. The molecule has 2 N–H and O–H groups in total. The number of benzene rings is 1. The number of amides is 2. The SMILES string of the molecule is COc1cccc(N2C(=O)C(=O)N(CCN)C2=S)c1.Cl. The average Bonchev–Trinajstić information content (AvgIpc) is 2.63. The third kappa shape index (κ3) is 2.74. The van der Waals surface area contributed by atoms with Crippen molar-refractivity contribution in [1.29, 1.82) is 0 Å². The van der Waals surface area contributed by atoms with Crippen molar-refractivity contribution < 1.29 is 14.3 Å². The van der Waals surface area contributed by atoms with E-state index in [1.54, 1.807) is 24.3 Å². The van der Waals surface area contributed by atoms with Crippen molar-refractivity contribution in [2.45, 2.75) is 0 Å². The number of nitrogens with zero attached hydrogens (tertiary/aromatic N) is 2. The number of carbonyl (C=O) groups is 2. The van der Waals surface area contributed by atoms with Gasteiger partial charge in [-0.2, -0.15) is 0 Å². The Morgan fingerprint density at radius 1 is 1.30 bits per heavy atom. The lowest BCUT2D eigenvalue weighted by molar-refractivity contribution is -0.139. The fourth-order valence-corrected chi connectivity index (χ4v) is 2.17. The number of carbonyl (C=O) groups excluding carboxylic acids is 2. The first kappa shape index (κ1) is 16.4. The van der Waals surface area contributed by atoms with Crippen molar-refractivity contribution in [1.82, 2.24) is 4.90 Å². The Labute approximate surface area is 127 Å². The quantitative estimate of drug-likeness (QED) is 0.648. The first-order valence-corrected chi connectivity index (χ1v) is 6.05. The Balaban J connectivity index is 0.00000200. The van der Waals surface area contributed by atoms with Crippen LogP contribution in [-0.2, 0) is 9.59 Å². The average molecular weight is 316 g/mol. The molecular weight excluding hydrogens is 302 g/mol. The molecule has 1 aromatic rings. The Morgan fingerprint density at radius 2 is 2.00 bits per heavy atom. The summed E-state index contributed by atoms with van der Waals surface area (Å²) in [4.78, 5) is 26.2. The van der Waals surface area contributed by atoms with Gasteiger partial charge in [0, 0.05) is 19.2 Å². The molecule has 0 aliphatic carbocycles. The first-order chi connectivity index (χ1) is 9.10. The number of hydrogen-bond acceptors (Lipinski definition) is 5. The Hall–Kier alpha value is -1.70. The smallest absolute Gasteiger partial charge is 0.323 e. The predicted octanol–water partition coefficient (Wildman–Crippen LogP) is 0.536. The highest BCUT2D eigenvalue weighted by Crippen LogP contribution is 2.25. The minimum atomic E-state index is -0.674. The van der Waals surface area contributed by atoms with Gasteiger partial charge in [0.05, 0.1) is 12.8 Å². The molecule has 6 nitrogen and oxygen atoms in total. The maximum atomic E-state index is 12.0. The van der Waals surface area contributed by atoms with Crippen LogP contribution in [0.4, 0.5) is 5.69 Å². The molecule has 1 aliphatic heterocycles. The molecule has 20 heavy (non-hydrogen) atoms. The topological polar surface area (TPSA) is 75.9 Å². The first-order valence-electron chi connectivity index (χ1n) is 5.64. The number of thiocarbonyl (C=S) groups is 1. The van der Waals surface area contributed by atoms with Gasteiger partial charge in [-0.05, 0) is 24.4 Å². The van der Waals surface area contributed by atoms with E-state index in [2.05, 4.69) is 0 Å². The maximum Gasteiger partial charge on any atom is 0.323 e. The molecule has 0 bridgehead atoms. The molecule has 2 rings (SSSR count). The van der Waals surface area contributed by atoms with Crippen LogP contribution in [0.2, 0.25) is 0 Å². The van der Waals surface area contributed by atoms with Gasteiger partial charge in [0.1, 0.15) is 5.75 Å². The van der Waals surface area contributed by atoms with Gasteiger partial charge >= 0.3 is 11.8 Å². The van der Waals surface area contributed by atoms with E-state index in [1.165, 1.54) is 16.9 Å². The molecule has 1 aliphatic rings. The fourth-order valence-electron chi connectivity index (χ4n) is 1.81. The van der Waals surface area contributed by atoms with Crippen molar-refractivity contribution in [3.8, 4) is 5.75 Å². The van der Waals surface area contributed by atoms with E-state index in [4.69, 9.17) is 22.7 Å². The van der Waals surface area contributed by atoms with E-state index in [0.717, 1.165) is 0 Å². The number of rotatable bonds is 4. The summed E-state index contributed by atoms with van der Waals surface area (Å²) in [6.07, 6.45) is 0. The van der Waals surface area contributed by atoms with E-state index in [0.29, 0.717) is 11.4 Å². The summed E-state index contributed by atoms with van der Waals surface area (Å²) in [5.74, 6) is -0.747. The van der Waals surface area contributed by atoms with Crippen molar-refractivity contribution >= 4 is 47.2 Å². The second kappa shape index (κ2) is 6.65. The van der Waals surface area contributed by atoms with E-state index in [-0.39, 0.29) is 30.6 Å². The number of nitrogens with two attached hydrogens (primary N) is 1. The fraction of sp³-hybridized carbons (Fsp3) is 0.250. The van der Waals surface area contributed by atoms with Crippen molar-refractivity contribution in [3.05, 3.63) is 24.3 Å². The zero-order chi connectivity index (χ0) is 14.0. The largest absolute Gasteiger partial charge is 0.497 e. The van der Waals surface area contributed by atoms with Crippen LogP contribution in [-0.4, -0.2) is 42.0 Å². The lowest BCUT2D eigenvalue weighted by atomic mass is 10.3. The molecule has 1 saturated heterocycles. The lowest BCUT2D eigenvalue weighted by Crippen LogP contribution is -2.36. The molecule has 108 valence electrons. The molecule has 0 spiro atoms. The van der Waals surface area contributed by atoms with Gasteiger partial charge in [-0.25, -0.2) is 4.90 Å². The molecule has 1 aromatic carbocycles. The molecule has 2 amide bonds. The van der Waals surface area contributed by atoms with E-state index >= 15 is 0 Å². The summed E-state index contributed by atoms with van der Waals surface area (Å²) >= 11 is 5.16. The van der Waals surface area contributed by atoms with E-state index in [9.17, 15) is 9.59 Å². The van der Waals surface area contributed by atoms with Crippen LogP contribution in [0.3, 0.4) is 0 Å². The summed E-state index contributed by atoms with van der Waals surface area (Å²) in [5, 5.41) is 0.147. The van der Waals surface area contributed by atoms with Gasteiger partial charge in [0.15, 0.2) is 5.11 Å². The van der Waals surface area contributed by atoms with E-state index < -0.39 is 11.8 Å². The standard InChI is InChI=1S/C12H13N3O3S.ClH/c1-18-9-4-2-3-8(7-9)15-11(17)10(16)14(6-5-13)12(15)19;/h2-4,7H,5-6,13H2,1H3;1H. The summed E-state index contributed by atoms with van der Waals surface area (Å²) in [6, 6.07) is 6.79. The normalized spacial score (nSPS) is 14.6. The van der Waals surface area contributed by atoms with Gasteiger partial charge in [0.2, 0.25) is 0 Å². The number of ether oxygens (including phenoxy) is 1. The highest BCUT2D eigenvalue weighted by Gasteiger charge is 2.41. The highest BCUT2D eigenvalue weighted by molar-refractivity contribution is 7.80. The zero-order valence-electron chi connectivity index (χ0n) is 10.7. The lowest BCUT2D eigenvalue weighted by Gasteiger charge is -2.18. The van der Waals surface area contributed by atoms with Crippen LogP contribution in [0.15, 0.2) is 24.3 Å². The zero-order valence-corrected chi connectivity index (χ0v) is 12.4. The van der Waals surface area contributed by atoms with Crippen LogP contribution < -0.4 is 15.4 Å². The Kier molecular flexibility index (Phi) is 5.43. The molecule has 0 unspecified atom stereocenters. The van der Waals surface area contributed by atoms with Crippen molar-refractivity contribution in [3.63, 3.8) is 0 Å². The highest BCUT2D eigenvalue weighted by atomic mass is 35.5. The van der Waals surface area contributed by atoms with Crippen LogP contribution in [0.1, 0.15) is 0 Å². The second-order valence-electron chi connectivity index (χ2n) is 3.87. The van der Waals surface area contributed by atoms with Crippen molar-refractivity contribution in [2.75, 3.05) is 25.1 Å². The molecular formula is C12H14ClN3O3S. The molecule has 8 heteroatoms. The maximum absolute atomic E-state index is 12.0. The minimum absolute atomic E-state index is 0. The summed E-state index contributed by atoms with van der Waals surface area (Å²) in [6.45, 7) is 0.467. The molecule has 1 heterocycles. The summed E-state index contributed by atoms with van der Waals surface area (Å²) in [7, 11) is 1.52. The van der Waals surface area contributed by atoms with Crippen LogP contribution in [0, 0.1) is 0 Å². The van der Waals surface area contributed by atoms with Crippen LogP contribution >= 0.6 is 24.6 Å². The molecule has 0 aromatic heterocycles. The second-order valence-corrected chi connectivity index (χ2v) is 4.24. The van der Waals surface area contributed by atoms with Gasteiger partial charge < -0.3 is 10.5 Å². The van der Waals surface area contributed by atoms with E-state index in [1.807, 2.05) is 0 Å². The van der Waals surface area contributed by atoms with Crippen molar-refractivity contribution in [2.24, 2.45) is 5.73 Å². The van der Waals surface area contributed by atoms with Gasteiger partial charge in [-0.1, -0.05) is 6.07 Å². The molecule has 0 atom stereocenters. The summed E-state index contributed by atoms with van der Waals surface area (Å²) in [5.41, 5.74) is 5.91. The minimum Gasteiger partial charge on any atom is -0.497 e. The molecule has 0 saturated carbocycles. The van der Waals surface area contributed by atoms with Crippen LogP contribution in [0.5, 0.6) is 5.75 Å². The third-order valence-electron chi connectivity index (χ3n) is 2.72. The van der Waals surface area contributed by atoms with Gasteiger partial charge in [0.25, 0.3) is 0 Å². The van der Waals surface area contributed by atoms with Crippen LogP contribution in [0.25, 0.3) is 0 Å². The number of anilines is 1. The number of halogens is 1.